The van der Waals surface area contributed by atoms with Crippen LogP contribution in [0, 0.1) is 17.1 Å². The Morgan fingerprint density at radius 3 is 2.58 bits per heavy atom. The number of hydrogen-bond donors (Lipinski definition) is 2. The molecule has 0 aliphatic rings. The van der Waals surface area contributed by atoms with Crippen molar-refractivity contribution in [3.05, 3.63) is 63.9 Å². The summed E-state index contributed by atoms with van der Waals surface area (Å²) in [5.41, 5.74) is 0.452. The van der Waals surface area contributed by atoms with Crippen molar-refractivity contribution in [2.75, 3.05) is 11.9 Å². The zero-order valence-electron chi connectivity index (χ0n) is 13.2. The lowest BCUT2D eigenvalue weighted by Crippen LogP contribution is -2.13. The number of benzene rings is 2. The zero-order chi connectivity index (χ0) is 19.1. The number of nitrogens with one attached hydrogen (secondary N) is 1. The summed E-state index contributed by atoms with van der Waals surface area (Å²) in [6, 6.07) is 11.6. The predicted octanol–water partition coefficient (Wildman–Crippen LogP) is 3.60. The van der Waals surface area contributed by atoms with Crippen molar-refractivity contribution in [1.82, 2.24) is 0 Å². The maximum atomic E-state index is 12.9. The van der Waals surface area contributed by atoms with Gasteiger partial charge in [-0.25, -0.2) is 9.18 Å². The van der Waals surface area contributed by atoms with Crippen LogP contribution in [0.3, 0.4) is 0 Å². The van der Waals surface area contributed by atoms with Crippen LogP contribution in [0.1, 0.15) is 5.56 Å². The van der Waals surface area contributed by atoms with Crippen molar-refractivity contribution in [2.45, 2.75) is 0 Å². The van der Waals surface area contributed by atoms with Crippen LogP contribution in [0.2, 0.25) is 0 Å². The van der Waals surface area contributed by atoms with Crippen molar-refractivity contribution in [1.29, 1.82) is 5.26 Å². The molecule has 1 amide bonds. The predicted molar refractivity (Wildman–Crippen MR) is 95.9 cm³/mol. The fourth-order valence-electron chi connectivity index (χ4n) is 1.94. The van der Waals surface area contributed by atoms with Gasteiger partial charge < -0.3 is 15.2 Å². The zero-order valence-corrected chi connectivity index (χ0v) is 14.8. The van der Waals surface area contributed by atoms with Crippen LogP contribution in [-0.2, 0) is 9.59 Å². The first-order valence-corrected chi connectivity index (χ1v) is 8.01. The molecular weight excluding hydrogens is 407 g/mol. The number of ether oxygens (including phenoxy) is 1. The molecule has 8 heteroatoms. The first kappa shape index (κ1) is 19.1. The van der Waals surface area contributed by atoms with Gasteiger partial charge in [0, 0.05) is 15.7 Å². The molecule has 132 valence electrons. The van der Waals surface area contributed by atoms with E-state index < -0.39 is 24.3 Å². The highest BCUT2D eigenvalue weighted by Crippen LogP contribution is 2.26. The number of aliphatic carboxylic acids is 1. The molecule has 0 radical (unpaired) electrons. The Labute approximate surface area is 156 Å². The molecular formula is C18H12BrFN2O4. The van der Waals surface area contributed by atoms with E-state index in [0.717, 1.165) is 0 Å². The third-order valence-corrected chi connectivity index (χ3v) is 3.58. The Balaban J connectivity index is 2.28. The van der Waals surface area contributed by atoms with Crippen molar-refractivity contribution in [3.8, 4) is 11.8 Å². The number of halogens is 2. The van der Waals surface area contributed by atoms with Gasteiger partial charge in [-0.15, -0.1) is 0 Å². The summed E-state index contributed by atoms with van der Waals surface area (Å²) in [6.07, 6.45) is 1.28. The van der Waals surface area contributed by atoms with Gasteiger partial charge in [-0.1, -0.05) is 15.9 Å². The largest absolute Gasteiger partial charge is 0.481 e. The van der Waals surface area contributed by atoms with Gasteiger partial charge in [-0.05, 0) is 48.5 Å². The molecule has 0 bridgehead atoms. The maximum Gasteiger partial charge on any atom is 0.341 e. The summed E-state index contributed by atoms with van der Waals surface area (Å²) < 4.78 is 18.7. The fraction of sp³-hybridized carbons (Fsp3) is 0.0556. The fourth-order valence-corrected chi connectivity index (χ4v) is 2.32. The Morgan fingerprint density at radius 1 is 1.27 bits per heavy atom. The molecule has 2 aromatic carbocycles. The number of nitriles is 1. The van der Waals surface area contributed by atoms with Crippen molar-refractivity contribution < 1.29 is 23.8 Å². The van der Waals surface area contributed by atoms with E-state index in [9.17, 15) is 19.2 Å². The molecule has 0 atom stereocenters. The highest BCUT2D eigenvalue weighted by Gasteiger charge is 2.12. The molecule has 0 spiro atoms. The molecule has 0 unspecified atom stereocenters. The van der Waals surface area contributed by atoms with E-state index in [0.29, 0.717) is 15.7 Å². The average molecular weight is 419 g/mol. The summed E-state index contributed by atoms with van der Waals surface area (Å²) in [4.78, 5) is 22.9. The summed E-state index contributed by atoms with van der Waals surface area (Å²) in [7, 11) is 0. The Hall–Kier alpha value is -3.18. The third kappa shape index (κ3) is 5.43. The lowest BCUT2D eigenvalue weighted by atomic mass is 10.1. The molecule has 2 N–H and O–H groups in total. The van der Waals surface area contributed by atoms with Crippen molar-refractivity contribution in [3.63, 3.8) is 0 Å². The lowest BCUT2D eigenvalue weighted by Gasteiger charge is -2.09. The van der Waals surface area contributed by atoms with Gasteiger partial charge in [-0.3, -0.25) is 4.79 Å². The highest BCUT2D eigenvalue weighted by atomic mass is 79.9. The molecule has 26 heavy (non-hydrogen) atoms. The lowest BCUT2D eigenvalue weighted by molar-refractivity contribution is -0.139. The van der Waals surface area contributed by atoms with Crippen LogP contribution in [0.15, 0.2) is 52.5 Å². The van der Waals surface area contributed by atoms with Gasteiger partial charge in [0.2, 0.25) is 0 Å². The molecule has 0 saturated carbocycles. The second-order valence-electron chi connectivity index (χ2n) is 5.00. The van der Waals surface area contributed by atoms with E-state index in [2.05, 4.69) is 21.2 Å². The van der Waals surface area contributed by atoms with Crippen LogP contribution >= 0.6 is 15.9 Å². The molecule has 0 aliphatic heterocycles. The summed E-state index contributed by atoms with van der Waals surface area (Å²) in [6.45, 7) is -0.563. The Kier molecular flexibility index (Phi) is 6.47. The molecule has 0 aliphatic carbocycles. The monoisotopic (exact) mass is 418 g/mol. The molecule has 0 heterocycles. The van der Waals surface area contributed by atoms with Gasteiger partial charge in [0.1, 0.15) is 23.2 Å². The number of carboxylic acids is 1. The summed E-state index contributed by atoms with van der Waals surface area (Å²) >= 11 is 3.27. The minimum Gasteiger partial charge on any atom is -0.481 e. The van der Waals surface area contributed by atoms with Crippen molar-refractivity contribution >= 4 is 39.6 Å². The highest BCUT2D eigenvalue weighted by molar-refractivity contribution is 9.10. The standard InChI is InChI=1S/C18H12BrFN2O4/c19-13-1-6-16(26-10-17(23)24)11(8-13)7-12(9-21)18(25)22-15-4-2-14(20)3-5-15/h1-8H,10H2,(H,22,25)(H,23,24)/b12-7+. The van der Waals surface area contributed by atoms with Crippen LogP contribution in [0.25, 0.3) is 6.08 Å². The molecule has 0 aromatic heterocycles. The smallest absolute Gasteiger partial charge is 0.341 e. The normalized spacial score (nSPS) is 10.7. The van der Waals surface area contributed by atoms with E-state index in [1.165, 1.54) is 36.4 Å². The van der Waals surface area contributed by atoms with Gasteiger partial charge in [0.05, 0.1) is 0 Å². The van der Waals surface area contributed by atoms with Gasteiger partial charge in [0.15, 0.2) is 6.61 Å². The molecule has 6 nitrogen and oxygen atoms in total. The van der Waals surface area contributed by atoms with Gasteiger partial charge in [-0.2, -0.15) is 5.26 Å². The van der Waals surface area contributed by atoms with Crippen LogP contribution in [0.4, 0.5) is 10.1 Å². The molecule has 2 aromatic rings. The van der Waals surface area contributed by atoms with E-state index in [1.807, 2.05) is 0 Å². The van der Waals surface area contributed by atoms with Gasteiger partial charge in [0.25, 0.3) is 5.91 Å². The first-order chi connectivity index (χ1) is 12.4. The molecule has 0 fully saturated rings. The molecule has 0 saturated heterocycles. The minimum atomic E-state index is -1.16. The SMILES string of the molecule is N#C/C(=C\c1cc(Br)ccc1OCC(=O)O)C(=O)Nc1ccc(F)cc1. The summed E-state index contributed by atoms with van der Waals surface area (Å²) in [5, 5.41) is 20.5. The third-order valence-electron chi connectivity index (χ3n) is 3.09. The number of carbonyl (C=O) groups excluding carboxylic acids is 1. The second-order valence-corrected chi connectivity index (χ2v) is 5.91. The van der Waals surface area contributed by atoms with Crippen LogP contribution in [0.5, 0.6) is 5.75 Å². The Morgan fingerprint density at radius 2 is 1.96 bits per heavy atom. The van der Waals surface area contributed by atoms with E-state index in [-0.39, 0.29) is 11.3 Å². The number of carbonyl (C=O) groups is 2. The second kappa shape index (κ2) is 8.78. The van der Waals surface area contributed by atoms with Crippen LogP contribution in [-0.4, -0.2) is 23.6 Å². The molecule has 2 rings (SSSR count). The van der Waals surface area contributed by atoms with Crippen molar-refractivity contribution in [2.24, 2.45) is 0 Å². The summed E-state index contributed by atoms with van der Waals surface area (Å²) in [5.74, 6) is -2.09. The number of amides is 1. The van der Waals surface area contributed by atoms with Gasteiger partial charge >= 0.3 is 5.97 Å². The number of hydrogen-bond acceptors (Lipinski definition) is 4. The topological polar surface area (TPSA) is 99.4 Å². The first-order valence-electron chi connectivity index (χ1n) is 7.22. The van der Waals surface area contributed by atoms with E-state index >= 15 is 0 Å². The van der Waals surface area contributed by atoms with E-state index in [4.69, 9.17) is 9.84 Å². The number of rotatable bonds is 6. The quantitative estimate of drug-likeness (QED) is 0.551. The maximum absolute atomic E-state index is 12.9. The average Bonchev–Trinajstić information content (AvgIpc) is 2.60. The number of nitrogens with zero attached hydrogens (tertiary/aromatic N) is 1. The van der Waals surface area contributed by atoms with Crippen LogP contribution < -0.4 is 10.1 Å². The Bertz CT molecular complexity index is 904. The number of anilines is 1. The van der Waals surface area contributed by atoms with E-state index in [1.54, 1.807) is 18.2 Å². The minimum absolute atomic E-state index is 0.206. The number of carboxylic acid groups (broad SMARTS) is 1.